The van der Waals surface area contributed by atoms with E-state index in [1.165, 1.54) is 23.1 Å². The van der Waals surface area contributed by atoms with Gasteiger partial charge in [0.1, 0.15) is 5.60 Å². The molecule has 0 spiro atoms. The molecule has 1 aliphatic rings. The molecule has 1 unspecified atom stereocenters. The molecule has 7 heteroatoms. The summed E-state index contributed by atoms with van der Waals surface area (Å²) in [6.45, 7) is 5.04. The summed E-state index contributed by atoms with van der Waals surface area (Å²) in [5.41, 5.74) is -0.312. The minimum atomic E-state index is -2.92. The fraction of sp³-hybridized carbons (Fsp3) is 0.562. The van der Waals surface area contributed by atoms with Crippen molar-refractivity contribution >= 4 is 29.3 Å². The number of rotatable bonds is 1. The first kappa shape index (κ1) is 18.3. The van der Waals surface area contributed by atoms with Crippen LogP contribution in [-0.2, 0) is 4.74 Å². The van der Waals surface area contributed by atoms with Crippen LogP contribution >= 0.6 is 23.2 Å². The molecule has 0 N–H and O–H groups in total. The minimum Gasteiger partial charge on any atom is -0.444 e. The highest BCUT2D eigenvalue weighted by atomic mass is 35.5. The molecule has 3 nitrogen and oxygen atoms in total. The Hall–Kier alpha value is -1.07. The van der Waals surface area contributed by atoms with Crippen LogP contribution in [0.2, 0.25) is 10.0 Å². The standard InChI is InChI=1S/C16H19Cl2F2NO2/c1-15(2,3)23-14(22)21-7-6-16(19,20)11(9-21)10-4-5-12(17)13(18)8-10/h4-5,8,11H,6-7,9H2,1-3H3. The molecule has 1 atom stereocenters. The second kappa shape index (κ2) is 6.44. The molecule has 1 heterocycles. The van der Waals surface area contributed by atoms with Gasteiger partial charge in [-0.05, 0) is 38.5 Å². The lowest BCUT2D eigenvalue weighted by Crippen LogP contribution is -2.49. The zero-order valence-electron chi connectivity index (χ0n) is 13.2. The molecule has 1 fully saturated rings. The highest BCUT2D eigenvalue weighted by Crippen LogP contribution is 2.41. The summed E-state index contributed by atoms with van der Waals surface area (Å²) in [4.78, 5) is 13.4. The predicted molar refractivity (Wildman–Crippen MR) is 86.6 cm³/mol. The Labute approximate surface area is 144 Å². The summed E-state index contributed by atoms with van der Waals surface area (Å²) in [7, 11) is 0. The topological polar surface area (TPSA) is 29.5 Å². The maximum atomic E-state index is 14.3. The molecule has 1 aliphatic heterocycles. The number of hydrogen-bond acceptors (Lipinski definition) is 2. The van der Waals surface area contributed by atoms with E-state index in [1.807, 2.05) is 0 Å². The van der Waals surface area contributed by atoms with E-state index in [1.54, 1.807) is 20.8 Å². The van der Waals surface area contributed by atoms with Crippen LogP contribution in [-0.4, -0.2) is 35.6 Å². The fourth-order valence-corrected chi connectivity index (χ4v) is 2.78. The summed E-state index contributed by atoms with van der Waals surface area (Å²) in [5.74, 6) is -4.06. The van der Waals surface area contributed by atoms with Crippen molar-refractivity contribution in [2.75, 3.05) is 13.1 Å². The summed E-state index contributed by atoms with van der Waals surface area (Å²) in [6.07, 6.45) is -1.00. The van der Waals surface area contributed by atoms with Crippen LogP contribution in [0.15, 0.2) is 18.2 Å². The van der Waals surface area contributed by atoms with Crippen LogP contribution in [0, 0.1) is 0 Å². The first-order chi connectivity index (χ1) is 10.5. The number of ether oxygens (including phenoxy) is 1. The van der Waals surface area contributed by atoms with Crippen LogP contribution in [0.1, 0.15) is 38.7 Å². The molecule has 128 valence electrons. The molecule has 0 radical (unpaired) electrons. The number of piperidine rings is 1. The van der Waals surface area contributed by atoms with Crippen molar-refractivity contribution in [3.05, 3.63) is 33.8 Å². The average Bonchev–Trinajstić information content (AvgIpc) is 2.39. The number of likely N-dealkylation sites (tertiary alicyclic amines) is 1. The molecule has 1 aromatic carbocycles. The first-order valence-corrected chi connectivity index (χ1v) is 8.06. The lowest BCUT2D eigenvalue weighted by Gasteiger charge is -2.39. The van der Waals surface area contributed by atoms with Gasteiger partial charge in [-0.2, -0.15) is 0 Å². The third-order valence-corrected chi connectivity index (χ3v) is 4.36. The lowest BCUT2D eigenvalue weighted by atomic mass is 9.87. The quantitative estimate of drug-likeness (QED) is 0.670. The van der Waals surface area contributed by atoms with Crippen molar-refractivity contribution in [2.45, 2.75) is 44.6 Å². The molecule has 0 aromatic heterocycles. The van der Waals surface area contributed by atoms with Gasteiger partial charge in [-0.25, -0.2) is 13.6 Å². The van der Waals surface area contributed by atoms with Gasteiger partial charge in [0.25, 0.3) is 5.92 Å². The van der Waals surface area contributed by atoms with Crippen LogP contribution in [0.3, 0.4) is 0 Å². The maximum Gasteiger partial charge on any atom is 0.410 e. The minimum absolute atomic E-state index is 0.0419. The molecule has 1 saturated heterocycles. The number of amides is 1. The predicted octanol–water partition coefficient (Wildman–Crippen LogP) is 5.35. The van der Waals surface area contributed by atoms with Crippen LogP contribution in [0.25, 0.3) is 0 Å². The molecule has 0 saturated carbocycles. The van der Waals surface area contributed by atoms with E-state index in [-0.39, 0.29) is 18.1 Å². The molecule has 1 aromatic rings. The fourth-order valence-electron chi connectivity index (χ4n) is 2.47. The Bertz CT molecular complexity index is 602. The third-order valence-electron chi connectivity index (χ3n) is 3.63. The van der Waals surface area contributed by atoms with E-state index in [4.69, 9.17) is 27.9 Å². The summed E-state index contributed by atoms with van der Waals surface area (Å²) in [6, 6.07) is 4.44. The van der Waals surface area contributed by atoms with Gasteiger partial charge in [0, 0.05) is 19.5 Å². The Morgan fingerprint density at radius 3 is 2.52 bits per heavy atom. The largest absolute Gasteiger partial charge is 0.444 e. The van der Waals surface area contributed by atoms with E-state index in [9.17, 15) is 13.6 Å². The maximum absolute atomic E-state index is 14.3. The van der Waals surface area contributed by atoms with Crippen molar-refractivity contribution in [3.63, 3.8) is 0 Å². The average molecular weight is 366 g/mol. The summed E-state index contributed by atoms with van der Waals surface area (Å²) in [5, 5.41) is 0.521. The highest BCUT2D eigenvalue weighted by molar-refractivity contribution is 6.42. The number of carbonyl (C=O) groups is 1. The molecular weight excluding hydrogens is 347 g/mol. The Kier molecular flexibility index (Phi) is 5.12. The van der Waals surface area contributed by atoms with E-state index in [0.29, 0.717) is 10.6 Å². The van der Waals surface area contributed by atoms with Gasteiger partial charge in [-0.1, -0.05) is 29.3 Å². The first-order valence-electron chi connectivity index (χ1n) is 7.30. The third kappa shape index (κ3) is 4.48. The molecule has 0 aliphatic carbocycles. The van der Waals surface area contributed by atoms with E-state index in [0.717, 1.165) is 0 Å². The second-order valence-corrected chi connectivity index (χ2v) is 7.48. The number of carbonyl (C=O) groups excluding carboxylic acids is 1. The number of alkyl halides is 2. The molecule has 0 bridgehead atoms. The van der Waals surface area contributed by atoms with Crippen molar-refractivity contribution in [1.29, 1.82) is 0 Å². The second-order valence-electron chi connectivity index (χ2n) is 6.66. The van der Waals surface area contributed by atoms with Gasteiger partial charge in [0.05, 0.1) is 16.0 Å². The van der Waals surface area contributed by atoms with Crippen LogP contribution in [0.4, 0.5) is 13.6 Å². The number of nitrogens with zero attached hydrogens (tertiary/aromatic N) is 1. The molecular formula is C16H19Cl2F2NO2. The smallest absolute Gasteiger partial charge is 0.410 e. The highest BCUT2D eigenvalue weighted by Gasteiger charge is 2.46. The lowest BCUT2D eigenvalue weighted by molar-refractivity contribution is -0.0770. The number of benzene rings is 1. The Balaban J connectivity index is 2.22. The zero-order chi connectivity index (χ0) is 17.4. The van der Waals surface area contributed by atoms with E-state index >= 15 is 0 Å². The Morgan fingerprint density at radius 2 is 1.96 bits per heavy atom. The van der Waals surface area contributed by atoms with Crippen LogP contribution in [0.5, 0.6) is 0 Å². The monoisotopic (exact) mass is 365 g/mol. The van der Waals surface area contributed by atoms with Crippen molar-refractivity contribution in [3.8, 4) is 0 Å². The van der Waals surface area contributed by atoms with Crippen molar-refractivity contribution in [2.24, 2.45) is 0 Å². The van der Waals surface area contributed by atoms with E-state index in [2.05, 4.69) is 0 Å². The molecule has 1 amide bonds. The summed E-state index contributed by atoms with van der Waals surface area (Å²) >= 11 is 11.8. The summed E-state index contributed by atoms with van der Waals surface area (Å²) < 4.78 is 33.9. The zero-order valence-corrected chi connectivity index (χ0v) is 14.7. The van der Waals surface area contributed by atoms with Gasteiger partial charge in [-0.15, -0.1) is 0 Å². The van der Waals surface area contributed by atoms with Gasteiger partial charge in [0.2, 0.25) is 0 Å². The van der Waals surface area contributed by atoms with Crippen molar-refractivity contribution in [1.82, 2.24) is 4.90 Å². The van der Waals surface area contributed by atoms with Crippen LogP contribution < -0.4 is 0 Å². The Morgan fingerprint density at radius 1 is 1.30 bits per heavy atom. The van der Waals surface area contributed by atoms with Gasteiger partial charge in [-0.3, -0.25) is 0 Å². The normalized spacial score (nSPS) is 21.2. The molecule has 23 heavy (non-hydrogen) atoms. The van der Waals surface area contributed by atoms with E-state index < -0.39 is 30.0 Å². The van der Waals surface area contributed by atoms with Gasteiger partial charge >= 0.3 is 6.09 Å². The molecule has 2 rings (SSSR count). The van der Waals surface area contributed by atoms with Crippen molar-refractivity contribution < 1.29 is 18.3 Å². The number of halogens is 4. The SMILES string of the molecule is CC(C)(C)OC(=O)N1CCC(F)(F)C(c2ccc(Cl)c(Cl)c2)C1. The van der Waals surface area contributed by atoms with Gasteiger partial charge in [0.15, 0.2) is 0 Å². The van der Waals surface area contributed by atoms with Gasteiger partial charge < -0.3 is 9.64 Å². The number of hydrogen-bond donors (Lipinski definition) is 0.